The van der Waals surface area contributed by atoms with Gasteiger partial charge in [0.15, 0.2) is 0 Å². The molecule has 42 heavy (non-hydrogen) atoms. The summed E-state index contributed by atoms with van der Waals surface area (Å²) >= 11 is 5.97. The summed E-state index contributed by atoms with van der Waals surface area (Å²) in [6.45, 7) is 3.53. The van der Waals surface area contributed by atoms with E-state index in [0.717, 1.165) is 62.4 Å². The fourth-order valence-corrected chi connectivity index (χ4v) is 6.91. The number of carbonyl (C=O) groups excluding carboxylic acids is 2. The Hall–Kier alpha value is -3.36. The van der Waals surface area contributed by atoms with Crippen LogP contribution in [0.2, 0.25) is 5.02 Å². The van der Waals surface area contributed by atoms with Crippen molar-refractivity contribution in [2.24, 2.45) is 5.41 Å². The number of amides is 2. The van der Waals surface area contributed by atoms with Gasteiger partial charge < -0.3 is 10.2 Å². The van der Waals surface area contributed by atoms with Gasteiger partial charge in [-0.1, -0.05) is 23.7 Å². The Balaban J connectivity index is 1.05. The van der Waals surface area contributed by atoms with E-state index in [1.165, 1.54) is 30.3 Å². The monoisotopic (exact) mass is 595 g/mol. The predicted molar refractivity (Wildman–Crippen MR) is 155 cm³/mol. The van der Waals surface area contributed by atoms with E-state index in [4.69, 9.17) is 11.6 Å². The lowest BCUT2D eigenvalue weighted by Crippen LogP contribution is -2.48. The topological polar surface area (TPSA) is 52.7 Å². The highest BCUT2D eigenvalue weighted by atomic mass is 35.5. The van der Waals surface area contributed by atoms with Gasteiger partial charge in [-0.05, 0) is 105 Å². The number of hydrogen-bond donors (Lipinski definition) is 1. The molecule has 1 atom stereocenters. The van der Waals surface area contributed by atoms with E-state index in [9.17, 15) is 22.8 Å². The first-order valence-electron chi connectivity index (χ1n) is 14.5. The van der Waals surface area contributed by atoms with Gasteiger partial charge in [-0.2, -0.15) is 0 Å². The average Bonchev–Trinajstić information content (AvgIpc) is 3.38. The summed E-state index contributed by atoms with van der Waals surface area (Å²) in [5, 5.41) is 3.21. The predicted octanol–water partition coefficient (Wildman–Crippen LogP) is 6.69. The molecule has 5 nitrogen and oxygen atoms in total. The van der Waals surface area contributed by atoms with Gasteiger partial charge in [0, 0.05) is 41.9 Å². The Kier molecular flexibility index (Phi) is 8.03. The molecule has 220 valence electrons. The highest BCUT2D eigenvalue weighted by molar-refractivity contribution is 6.31. The Morgan fingerprint density at radius 3 is 2.36 bits per heavy atom. The van der Waals surface area contributed by atoms with Crippen molar-refractivity contribution in [1.29, 1.82) is 0 Å². The molecule has 3 aromatic rings. The minimum absolute atomic E-state index is 0.0188. The summed E-state index contributed by atoms with van der Waals surface area (Å²) < 4.78 is 41.6. The fourth-order valence-electron chi connectivity index (χ4n) is 6.74. The summed E-state index contributed by atoms with van der Waals surface area (Å²) in [4.78, 5) is 30.5. The zero-order chi connectivity index (χ0) is 29.4. The first-order valence-corrected chi connectivity index (χ1v) is 14.9. The summed E-state index contributed by atoms with van der Waals surface area (Å²) in [7, 11) is 0. The van der Waals surface area contributed by atoms with Gasteiger partial charge in [-0.15, -0.1) is 0 Å². The molecule has 0 aromatic heterocycles. The molecule has 0 bridgehead atoms. The number of nitrogens with one attached hydrogen (secondary N) is 1. The van der Waals surface area contributed by atoms with Crippen LogP contribution in [0.15, 0.2) is 54.6 Å². The van der Waals surface area contributed by atoms with E-state index in [0.29, 0.717) is 37.2 Å². The van der Waals surface area contributed by atoms with Crippen LogP contribution in [0.5, 0.6) is 0 Å². The van der Waals surface area contributed by atoms with Gasteiger partial charge in [-0.3, -0.25) is 14.5 Å². The highest BCUT2D eigenvalue weighted by Crippen LogP contribution is 2.42. The molecule has 2 amide bonds. The van der Waals surface area contributed by atoms with Gasteiger partial charge in [0.1, 0.15) is 17.5 Å². The van der Waals surface area contributed by atoms with Crippen molar-refractivity contribution in [3.05, 3.63) is 105 Å². The SMILES string of the molecule is O=C(NC1CCc2ccc(C(=O)N3CCC4(CCN(Cc5ccc(F)cc5F)CC4)CC3)cc21)c1cc(Cl)ccc1F. The molecular formula is C33H33ClF3N3O2. The summed E-state index contributed by atoms with van der Waals surface area (Å²) in [5.41, 5.74) is 3.16. The second kappa shape index (κ2) is 11.7. The number of nitrogens with zero attached hydrogens (tertiary/aromatic N) is 2. The van der Waals surface area contributed by atoms with Crippen LogP contribution in [0.3, 0.4) is 0 Å². The zero-order valence-electron chi connectivity index (χ0n) is 23.3. The molecule has 1 spiro atoms. The van der Waals surface area contributed by atoms with Crippen molar-refractivity contribution in [3.63, 3.8) is 0 Å². The summed E-state index contributed by atoms with van der Waals surface area (Å²) in [6, 6.07) is 13.0. The van der Waals surface area contributed by atoms with Gasteiger partial charge in [-0.25, -0.2) is 13.2 Å². The van der Waals surface area contributed by atoms with Crippen molar-refractivity contribution in [1.82, 2.24) is 15.1 Å². The van der Waals surface area contributed by atoms with Crippen molar-refractivity contribution in [3.8, 4) is 0 Å². The highest BCUT2D eigenvalue weighted by Gasteiger charge is 2.39. The minimum Gasteiger partial charge on any atom is -0.345 e. The van der Waals surface area contributed by atoms with E-state index >= 15 is 0 Å². The second-order valence-corrected chi connectivity index (χ2v) is 12.3. The molecule has 1 unspecified atom stereocenters. The van der Waals surface area contributed by atoms with E-state index in [1.807, 2.05) is 23.1 Å². The third-order valence-corrected chi connectivity index (χ3v) is 9.62. The van der Waals surface area contributed by atoms with Crippen LogP contribution in [0, 0.1) is 22.9 Å². The third kappa shape index (κ3) is 5.92. The van der Waals surface area contributed by atoms with Crippen LogP contribution >= 0.6 is 11.6 Å². The molecule has 1 N–H and O–H groups in total. The summed E-state index contributed by atoms with van der Waals surface area (Å²) in [6.07, 6.45) is 5.27. The minimum atomic E-state index is -0.630. The van der Waals surface area contributed by atoms with Gasteiger partial charge in [0.2, 0.25) is 0 Å². The maximum absolute atomic E-state index is 14.2. The lowest BCUT2D eigenvalue weighted by atomic mass is 9.71. The first kappa shape index (κ1) is 28.7. The maximum Gasteiger partial charge on any atom is 0.254 e. The van der Waals surface area contributed by atoms with E-state index in [2.05, 4.69) is 10.2 Å². The van der Waals surface area contributed by atoms with Crippen molar-refractivity contribution in [2.45, 2.75) is 51.1 Å². The lowest BCUT2D eigenvalue weighted by molar-refractivity contribution is 0.0283. The maximum atomic E-state index is 14.2. The van der Waals surface area contributed by atoms with Crippen molar-refractivity contribution < 1.29 is 22.8 Å². The molecule has 6 rings (SSSR count). The number of halogens is 4. The van der Waals surface area contributed by atoms with Crippen LogP contribution in [0.4, 0.5) is 13.2 Å². The van der Waals surface area contributed by atoms with Crippen LogP contribution in [-0.2, 0) is 13.0 Å². The van der Waals surface area contributed by atoms with Gasteiger partial charge >= 0.3 is 0 Å². The Bertz CT molecular complexity index is 1510. The quantitative estimate of drug-likeness (QED) is 0.357. The number of carbonyl (C=O) groups is 2. The van der Waals surface area contributed by atoms with E-state index in [-0.39, 0.29) is 28.0 Å². The third-order valence-electron chi connectivity index (χ3n) is 9.39. The van der Waals surface area contributed by atoms with Crippen LogP contribution in [0.25, 0.3) is 0 Å². The number of benzene rings is 3. The molecule has 2 aliphatic heterocycles. The first-order chi connectivity index (χ1) is 20.2. The Morgan fingerprint density at radius 1 is 0.881 bits per heavy atom. The normalized spacial score (nSPS) is 20.0. The molecule has 3 aromatic carbocycles. The van der Waals surface area contributed by atoms with Crippen LogP contribution < -0.4 is 5.32 Å². The number of piperidine rings is 2. The number of fused-ring (bicyclic) bond motifs is 1. The largest absolute Gasteiger partial charge is 0.345 e. The number of hydrogen-bond acceptors (Lipinski definition) is 3. The van der Waals surface area contributed by atoms with E-state index < -0.39 is 23.4 Å². The number of aryl methyl sites for hydroxylation is 1. The molecule has 3 aliphatic rings. The van der Waals surface area contributed by atoms with Crippen LogP contribution in [0.1, 0.15) is 75.6 Å². The standard InChI is InChI=1S/C33H33ClF3N3O2/c34-24-5-7-28(36)27(18-24)31(41)38-30-8-4-21-1-2-22(17-26(21)30)32(42)40-15-11-33(12-16-40)9-13-39(14-10-33)20-23-3-6-25(35)19-29(23)37/h1-3,5-7,17-19,30H,4,8-16,20H2,(H,38,41). The molecule has 2 saturated heterocycles. The van der Waals surface area contributed by atoms with Crippen LogP contribution in [-0.4, -0.2) is 47.8 Å². The summed E-state index contributed by atoms with van der Waals surface area (Å²) in [5.74, 6) is -2.24. The molecule has 2 fully saturated rings. The smallest absolute Gasteiger partial charge is 0.254 e. The van der Waals surface area contributed by atoms with Crippen molar-refractivity contribution in [2.75, 3.05) is 26.2 Å². The molecule has 1 aliphatic carbocycles. The second-order valence-electron chi connectivity index (χ2n) is 11.9. The zero-order valence-corrected chi connectivity index (χ0v) is 24.0. The van der Waals surface area contributed by atoms with E-state index in [1.54, 1.807) is 0 Å². The van der Waals surface area contributed by atoms with Gasteiger partial charge in [0.05, 0.1) is 11.6 Å². The Morgan fingerprint density at radius 2 is 1.62 bits per heavy atom. The number of likely N-dealkylation sites (tertiary alicyclic amines) is 2. The average molecular weight is 596 g/mol. The molecular weight excluding hydrogens is 563 g/mol. The molecule has 0 radical (unpaired) electrons. The Labute approximate surface area is 248 Å². The fraction of sp³-hybridized carbons (Fsp3) is 0.394. The van der Waals surface area contributed by atoms with Crippen molar-refractivity contribution >= 4 is 23.4 Å². The lowest BCUT2D eigenvalue weighted by Gasteiger charge is -2.47. The molecule has 0 saturated carbocycles. The molecule has 2 heterocycles. The number of rotatable bonds is 5. The molecule has 9 heteroatoms. The van der Waals surface area contributed by atoms with Gasteiger partial charge in [0.25, 0.3) is 11.8 Å².